The Bertz CT molecular complexity index is 617. The highest BCUT2D eigenvalue weighted by atomic mass is 32.2. The molecule has 0 radical (unpaired) electrons. The van der Waals surface area contributed by atoms with Crippen LogP contribution >= 0.6 is 11.8 Å². The first-order valence-electron chi connectivity index (χ1n) is 6.56. The highest BCUT2D eigenvalue weighted by Gasteiger charge is 2.29. The second kappa shape index (κ2) is 5.48. The van der Waals surface area contributed by atoms with E-state index in [0.29, 0.717) is 0 Å². The highest BCUT2D eigenvalue weighted by Crippen LogP contribution is 2.50. The molecular formula is C16H16NO2S-. The maximum atomic E-state index is 12.6. The summed E-state index contributed by atoms with van der Waals surface area (Å²) in [7, 11) is 1.64. The van der Waals surface area contributed by atoms with Gasteiger partial charge in [0.15, 0.2) is 0 Å². The number of ether oxygens (including phenoxy) is 1. The molecule has 4 heteroatoms. The zero-order valence-corrected chi connectivity index (χ0v) is 12.3. The van der Waals surface area contributed by atoms with Gasteiger partial charge in [-0.15, -0.1) is 11.8 Å². The smallest absolute Gasteiger partial charge is 0.124 e. The van der Waals surface area contributed by atoms with Gasteiger partial charge in [-0.3, -0.25) is 0 Å². The topological polar surface area (TPSA) is 35.5 Å². The van der Waals surface area contributed by atoms with Crippen molar-refractivity contribution in [3.8, 4) is 5.75 Å². The largest absolute Gasteiger partial charge is 0.784 e. The molecule has 0 aromatic heterocycles. The van der Waals surface area contributed by atoms with Gasteiger partial charge in [0.05, 0.1) is 12.5 Å². The normalized spacial score (nSPS) is 22.4. The highest BCUT2D eigenvalue weighted by molar-refractivity contribution is 7.99. The molecule has 0 N–H and O–H groups in total. The number of hydroxylamine groups is 2. The molecule has 2 aromatic carbocycles. The van der Waals surface area contributed by atoms with Crippen LogP contribution in [-0.4, -0.2) is 12.2 Å². The van der Waals surface area contributed by atoms with Crippen LogP contribution in [0.25, 0.3) is 0 Å². The second-order valence-corrected chi connectivity index (χ2v) is 5.91. The van der Waals surface area contributed by atoms with E-state index in [1.54, 1.807) is 18.9 Å². The van der Waals surface area contributed by atoms with Gasteiger partial charge in [-0.1, -0.05) is 36.4 Å². The van der Waals surface area contributed by atoms with Crippen LogP contribution in [0.2, 0.25) is 0 Å². The molecule has 0 fully saturated rings. The lowest BCUT2D eigenvalue weighted by molar-refractivity contribution is 0.268. The van der Waals surface area contributed by atoms with E-state index in [4.69, 9.17) is 4.74 Å². The summed E-state index contributed by atoms with van der Waals surface area (Å²) in [6.07, 6.45) is 0. The zero-order chi connectivity index (χ0) is 14.1. The molecular weight excluding hydrogens is 270 g/mol. The van der Waals surface area contributed by atoms with E-state index in [2.05, 4.69) is 6.07 Å². The Morgan fingerprint density at radius 3 is 2.45 bits per heavy atom. The molecule has 1 aliphatic heterocycles. The lowest BCUT2D eigenvalue weighted by Crippen LogP contribution is -2.28. The minimum atomic E-state index is -0.268. The van der Waals surface area contributed by atoms with Crippen molar-refractivity contribution in [2.75, 3.05) is 7.11 Å². The summed E-state index contributed by atoms with van der Waals surface area (Å²) in [4.78, 5) is 1.17. The predicted molar refractivity (Wildman–Crippen MR) is 81.7 cm³/mol. The fourth-order valence-corrected chi connectivity index (χ4v) is 3.90. The van der Waals surface area contributed by atoms with Crippen molar-refractivity contribution in [2.45, 2.75) is 23.2 Å². The van der Waals surface area contributed by atoms with E-state index in [1.165, 1.54) is 4.90 Å². The lowest BCUT2D eigenvalue weighted by atomic mass is 10.1. The monoisotopic (exact) mass is 286 g/mol. The summed E-state index contributed by atoms with van der Waals surface area (Å²) in [5, 5.41) is 13.5. The maximum Gasteiger partial charge on any atom is 0.124 e. The first kappa shape index (κ1) is 13.5. The van der Waals surface area contributed by atoms with Crippen LogP contribution in [0.15, 0.2) is 53.4 Å². The lowest BCUT2D eigenvalue weighted by Gasteiger charge is -2.46. The SMILES string of the molecule is COc1ccccc1C1Sc2ccccc2C(C)N1[O-]. The molecule has 0 saturated heterocycles. The van der Waals surface area contributed by atoms with Gasteiger partial charge in [0.1, 0.15) is 5.75 Å². The van der Waals surface area contributed by atoms with Crippen molar-refractivity contribution >= 4 is 11.8 Å². The summed E-state index contributed by atoms with van der Waals surface area (Å²) in [6, 6.07) is 15.7. The Morgan fingerprint density at radius 2 is 1.70 bits per heavy atom. The fraction of sp³-hybridized carbons (Fsp3) is 0.250. The molecule has 1 heterocycles. The summed E-state index contributed by atoms with van der Waals surface area (Å²) >= 11 is 1.58. The minimum Gasteiger partial charge on any atom is -0.784 e. The number of thioether (sulfide) groups is 1. The molecule has 2 aromatic rings. The Morgan fingerprint density at radius 1 is 1.05 bits per heavy atom. The van der Waals surface area contributed by atoms with Crippen LogP contribution in [0.3, 0.4) is 0 Å². The Balaban J connectivity index is 2.04. The first-order chi connectivity index (χ1) is 9.72. The Hall–Kier alpha value is -1.49. The van der Waals surface area contributed by atoms with Crippen LogP contribution < -0.4 is 4.74 Å². The average Bonchev–Trinajstić information content (AvgIpc) is 2.51. The number of hydrogen-bond donors (Lipinski definition) is 0. The van der Waals surface area contributed by atoms with Crippen LogP contribution in [0.1, 0.15) is 29.5 Å². The van der Waals surface area contributed by atoms with Gasteiger partial charge in [-0.2, -0.15) is 0 Å². The number of nitrogens with zero attached hydrogens (tertiary/aromatic N) is 1. The van der Waals surface area contributed by atoms with Crippen LogP contribution in [0.4, 0.5) is 0 Å². The summed E-state index contributed by atoms with van der Waals surface area (Å²) < 4.78 is 5.39. The molecule has 20 heavy (non-hydrogen) atoms. The van der Waals surface area contributed by atoms with E-state index in [9.17, 15) is 5.21 Å². The molecule has 3 rings (SSSR count). The molecule has 2 atom stereocenters. The first-order valence-corrected chi connectivity index (χ1v) is 7.44. The molecule has 1 aliphatic rings. The van der Waals surface area contributed by atoms with Crippen LogP contribution in [-0.2, 0) is 0 Å². The van der Waals surface area contributed by atoms with Gasteiger partial charge >= 0.3 is 0 Å². The van der Waals surface area contributed by atoms with E-state index in [0.717, 1.165) is 21.9 Å². The number of methoxy groups -OCH3 is 1. The molecule has 0 spiro atoms. The van der Waals surface area contributed by atoms with Crippen molar-refractivity contribution in [3.63, 3.8) is 0 Å². The quantitative estimate of drug-likeness (QED) is 0.821. The third-order valence-corrected chi connectivity index (χ3v) is 4.94. The Labute approximate surface area is 123 Å². The summed E-state index contributed by atoms with van der Waals surface area (Å²) in [5.74, 6) is 0.762. The van der Waals surface area contributed by atoms with Gasteiger partial charge in [0.25, 0.3) is 0 Å². The summed E-state index contributed by atoms with van der Waals surface area (Å²) in [5.41, 5.74) is 2.02. The number of rotatable bonds is 2. The van der Waals surface area contributed by atoms with Crippen molar-refractivity contribution in [2.24, 2.45) is 0 Å². The molecule has 0 aliphatic carbocycles. The number of para-hydroxylation sites is 1. The number of fused-ring (bicyclic) bond motifs is 1. The van der Waals surface area contributed by atoms with Crippen LogP contribution in [0.5, 0.6) is 5.75 Å². The van der Waals surface area contributed by atoms with Gasteiger partial charge in [-0.05, 0) is 24.6 Å². The molecule has 104 valence electrons. The standard InChI is InChI=1S/C16H16NO2S/c1-11-12-7-4-6-10-15(12)20-16(17(11)18)13-8-3-5-9-14(13)19-2/h3-11,16H,1-2H3/q-1. The fourth-order valence-electron chi connectivity index (χ4n) is 2.52. The zero-order valence-electron chi connectivity index (χ0n) is 11.4. The predicted octanol–water partition coefficient (Wildman–Crippen LogP) is 4.36. The van der Waals surface area contributed by atoms with E-state index in [1.807, 2.05) is 49.4 Å². The van der Waals surface area contributed by atoms with E-state index in [-0.39, 0.29) is 11.4 Å². The van der Waals surface area contributed by atoms with E-state index >= 15 is 0 Å². The van der Waals surface area contributed by atoms with Crippen molar-refractivity contribution in [3.05, 3.63) is 64.9 Å². The second-order valence-electron chi connectivity index (χ2n) is 4.79. The van der Waals surface area contributed by atoms with Crippen molar-refractivity contribution in [1.29, 1.82) is 0 Å². The number of benzene rings is 2. The van der Waals surface area contributed by atoms with Gasteiger partial charge in [-0.25, -0.2) is 0 Å². The maximum absolute atomic E-state index is 12.6. The molecule has 2 unspecified atom stereocenters. The summed E-state index contributed by atoms with van der Waals surface area (Å²) in [6.45, 7) is 1.95. The molecule has 0 amide bonds. The van der Waals surface area contributed by atoms with Crippen molar-refractivity contribution < 1.29 is 4.74 Å². The van der Waals surface area contributed by atoms with Crippen molar-refractivity contribution in [1.82, 2.24) is 5.06 Å². The molecule has 0 bridgehead atoms. The van der Waals surface area contributed by atoms with E-state index < -0.39 is 0 Å². The Kier molecular flexibility index (Phi) is 3.70. The van der Waals surface area contributed by atoms with Gasteiger partial charge < -0.3 is 15.0 Å². The van der Waals surface area contributed by atoms with Crippen LogP contribution in [0, 0.1) is 5.21 Å². The molecule has 3 nitrogen and oxygen atoms in total. The number of hydrogen-bond acceptors (Lipinski definition) is 4. The van der Waals surface area contributed by atoms with Gasteiger partial charge in [0.2, 0.25) is 0 Å². The van der Waals surface area contributed by atoms with Gasteiger partial charge in [0, 0.05) is 16.5 Å². The third-order valence-electron chi connectivity index (χ3n) is 3.63. The average molecular weight is 286 g/mol. The minimum absolute atomic E-state index is 0.151. The molecule has 0 saturated carbocycles. The third kappa shape index (κ3) is 2.20.